The fourth-order valence-corrected chi connectivity index (χ4v) is 1.20. The molecule has 2 heterocycles. The number of hydrogen-bond acceptors (Lipinski definition) is 7. The van der Waals surface area contributed by atoms with Crippen molar-refractivity contribution in [3.05, 3.63) is 31.0 Å². The summed E-state index contributed by atoms with van der Waals surface area (Å²) in [6.45, 7) is 0.503. The Bertz CT molecular complexity index is 463. The molecule has 0 atom stereocenters. The van der Waals surface area contributed by atoms with Crippen LogP contribution < -0.4 is 10.6 Å². The van der Waals surface area contributed by atoms with Crippen LogP contribution in [-0.4, -0.2) is 38.2 Å². The smallest absolute Gasteiger partial charge is 0.137 e. The highest BCUT2D eigenvalue weighted by Crippen LogP contribution is 2.12. The molecule has 0 aliphatic rings. The Morgan fingerprint density at radius 1 is 1.06 bits per heavy atom. The van der Waals surface area contributed by atoms with Gasteiger partial charge in [0, 0.05) is 18.8 Å². The third kappa shape index (κ3) is 3.35. The van der Waals surface area contributed by atoms with Gasteiger partial charge in [-0.05, 0) is 6.07 Å². The quantitative estimate of drug-likeness (QED) is 0.687. The van der Waals surface area contributed by atoms with Gasteiger partial charge in [-0.15, -0.1) is 0 Å². The molecule has 3 N–H and O–H groups in total. The van der Waals surface area contributed by atoms with Gasteiger partial charge in [-0.3, -0.25) is 0 Å². The largest absolute Gasteiger partial charge is 0.395 e. The summed E-state index contributed by atoms with van der Waals surface area (Å²) in [5.41, 5.74) is 0. The molecule has 0 fully saturated rings. The molecule has 17 heavy (non-hydrogen) atoms. The zero-order chi connectivity index (χ0) is 11.9. The molecule has 2 aromatic heterocycles. The first-order valence-corrected chi connectivity index (χ1v) is 5.08. The summed E-state index contributed by atoms with van der Waals surface area (Å²) in [6, 6.07) is 3.47. The van der Waals surface area contributed by atoms with E-state index in [4.69, 9.17) is 5.11 Å². The summed E-state index contributed by atoms with van der Waals surface area (Å²) in [6.07, 6.45) is 4.53. The predicted molar refractivity (Wildman–Crippen MR) is 62.9 cm³/mol. The lowest BCUT2D eigenvalue weighted by Crippen LogP contribution is -2.07. The van der Waals surface area contributed by atoms with Crippen molar-refractivity contribution in [2.75, 3.05) is 23.8 Å². The fraction of sp³-hybridized carbons (Fsp3) is 0.200. The topological polar surface area (TPSA) is 95.8 Å². The van der Waals surface area contributed by atoms with E-state index in [1.807, 2.05) is 0 Å². The first kappa shape index (κ1) is 11.2. The van der Waals surface area contributed by atoms with Crippen LogP contribution >= 0.6 is 0 Å². The lowest BCUT2D eigenvalue weighted by atomic mass is 10.5. The molecule has 0 unspecified atom stereocenters. The van der Waals surface area contributed by atoms with Gasteiger partial charge in [0.2, 0.25) is 0 Å². The summed E-state index contributed by atoms with van der Waals surface area (Å²) in [5, 5.41) is 14.7. The molecular formula is C10H12N6O. The molecule has 88 valence electrons. The van der Waals surface area contributed by atoms with Crippen LogP contribution in [0, 0.1) is 0 Å². The van der Waals surface area contributed by atoms with E-state index in [2.05, 4.69) is 30.6 Å². The number of aliphatic hydroxyl groups is 1. The summed E-state index contributed by atoms with van der Waals surface area (Å²) in [4.78, 5) is 15.9. The standard InChI is InChI=1S/C10H12N6O/c17-4-3-12-9-5-10(15-7-14-9)16-8-1-2-11-6-13-8/h1-2,5-7,17H,3-4H2,(H2,11,12,13,14,15,16). The number of nitrogens with zero attached hydrogens (tertiary/aromatic N) is 4. The van der Waals surface area contributed by atoms with Crippen molar-refractivity contribution in [1.82, 2.24) is 19.9 Å². The van der Waals surface area contributed by atoms with Crippen molar-refractivity contribution in [3.63, 3.8) is 0 Å². The van der Waals surface area contributed by atoms with Crippen LogP contribution in [0.4, 0.5) is 17.5 Å². The summed E-state index contributed by atoms with van der Waals surface area (Å²) in [7, 11) is 0. The van der Waals surface area contributed by atoms with E-state index in [9.17, 15) is 0 Å². The molecule has 0 spiro atoms. The molecule has 0 amide bonds. The van der Waals surface area contributed by atoms with Crippen LogP contribution in [0.2, 0.25) is 0 Å². The van der Waals surface area contributed by atoms with E-state index >= 15 is 0 Å². The maximum atomic E-state index is 8.69. The Balaban J connectivity index is 2.06. The molecule has 2 aromatic rings. The van der Waals surface area contributed by atoms with Gasteiger partial charge in [-0.25, -0.2) is 19.9 Å². The highest BCUT2D eigenvalue weighted by molar-refractivity contribution is 5.54. The minimum Gasteiger partial charge on any atom is -0.395 e. The molecular weight excluding hydrogens is 220 g/mol. The zero-order valence-corrected chi connectivity index (χ0v) is 9.04. The lowest BCUT2D eigenvalue weighted by Gasteiger charge is -2.06. The lowest BCUT2D eigenvalue weighted by molar-refractivity contribution is 0.311. The maximum absolute atomic E-state index is 8.69. The van der Waals surface area contributed by atoms with Crippen LogP contribution in [0.1, 0.15) is 0 Å². The minimum atomic E-state index is 0.0542. The second-order valence-electron chi connectivity index (χ2n) is 3.16. The van der Waals surface area contributed by atoms with E-state index in [-0.39, 0.29) is 6.61 Å². The molecule has 0 aromatic carbocycles. The molecule has 0 bridgehead atoms. The number of nitrogens with one attached hydrogen (secondary N) is 2. The minimum absolute atomic E-state index is 0.0542. The third-order valence-electron chi connectivity index (χ3n) is 1.92. The Labute approximate surface area is 98.0 Å². The predicted octanol–water partition coefficient (Wildman–Crippen LogP) is 0.414. The van der Waals surface area contributed by atoms with Crippen LogP contribution in [0.15, 0.2) is 31.0 Å². The second kappa shape index (κ2) is 5.71. The van der Waals surface area contributed by atoms with Gasteiger partial charge >= 0.3 is 0 Å². The normalized spacial score (nSPS) is 9.94. The van der Waals surface area contributed by atoms with Gasteiger partial charge < -0.3 is 15.7 Å². The first-order chi connectivity index (χ1) is 8.38. The second-order valence-corrected chi connectivity index (χ2v) is 3.16. The maximum Gasteiger partial charge on any atom is 0.137 e. The Morgan fingerprint density at radius 2 is 1.88 bits per heavy atom. The van der Waals surface area contributed by atoms with E-state index in [1.54, 1.807) is 18.3 Å². The van der Waals surface area contributed by atoms with Gasteiger partial charge in [0.1, 0.15) is 30.1 Å². The molecule has 0 aliphatic carbocycles. The Kier molecular flexibility index (Phi) is 3.77. The average Bonchev–Trinajstić information content (AvgIpc) is 2.38. The average molecular weight is 232 g/mol. The molecule has 0 saturated heterocycles. The van der Waals surface area contributed by atoms with Crippen molar-refractivity contribution in [1.29, 1.82) is 0 Å². The van der Waals surface area contributed by atoms with Crippen molar-refractivity contribution < 1.29 is 5.11 Å². The number of hydrogen-bond donors (Lipinski definition) is 3. The van der Waals surface area contributed by atoms with E-state index in [0.717, 1.165) is 0 Å². The van der Waals surface area contributed by atoms with Gasteiger partial charge in [-0.1, -0.05) is 0 Å². The van der Waals surface area contributed by atoms with Gasteiger partial charge in [0.05, 0.1) is 6.61 Å². The van der Waals surface area contributed by atoms with Gasteiger partial charge in [-0.2, -0.15) is 0 Å². The van der Waals surface area contributed by atoms with E-state index in [1.165, 1.54) is 12.7 Å². The SMILES string of the molecule is OCCNc1cc(Nc2ccncn2)ncn1. The highest BCUT2D eigenvalue weighted by Gasteiger charge is 1.99. The van der Waals surface area contributed by atoms with Crippen molar-refractivity contribution in [2.45, 2.75) is 0 Å². The van der Waals surface area contributed by atoms with Crippen LogP contribution in [-0.2, 0) is 0 Å². The van der Waals surface area contributed by atoms with Crippen molar-refractivity contribution >= 4 is 17.5 Å². The summed E-state index contributed by atoms with van der Waals surface area (Å²) < 4.78 is 0. The molecule has 7 heteroatoms. The van der Waals surface area contributed by atoms with Crippen LogP contribution in [0.3, 0.4) is 0 Å². The molecule has 0 radical (unpaired) electrons. The zero-order valence-electron chi connectivity index (χ0n) is 9.04. The monoisotopic (exact) mass is 232 g/mol. The Morgan fingerprint density at radius 3 is 2.65 bits per heavy atom. The highest BCUT2D eigenvalue weighted by atomic mass is 16.3. The first-order valence-electron chi connectivity index (χ1n) is 5.08. The number of aromatic nitrogens is 4. The van der Waals surface area contributed by atoms with Crippen molar-refractivity contribution in [3.8, 4) is 0 Å². The number of anilines is 3. The van der Waals surface area contributed by atoms with Gasteiger partial charge in [0.25, 0.3) is 0 Å². The molecule has 0 saturated carbocycles. The van der Waals surface area contributed by atoms with Crippen LogP contribution in [0.25, 0.3) is 0 Å². The van der Waals surface area contributed by atoms with Crippen molar-refractivity contribution in [2.24, 2.45) is 0 Å². The molecule has 0 aliphatic heterocycles. The Hall–Kier alpha value is -2.28. The molecule has 2 rings (SSSR count). The number of aliphatic hydroxyl groups excluding tert-OH is 1. The van der Waals surface area contributed by atoms with Crippen LogP contribution in [0.5, 0.6) is 0 Å². The summed E-state index contributed by atoms with van der Waals surface area (Å²) in [5.74, 6) is 1.93. The van der Waals surface area contributed by atoms with Gasteiger partial charge in [0.15, 0.2) is 0 Å². The van der Waals surface area contributed by atoms with E-state index < -0.39 is 0 Å². The summed E-state index contributed by atoms with van der Waals surface area (Å²) >= 11 is 0. The fourth-order valence-electron chi connectivity index (χ4n) is 1.20. The number of rotatable bonds is 5. The van der Waals surface area contributed by atoms with E-state index in [0.29, 0.717) is 24.0 Å². The molecule has 7 nitrogen and oxygen atoms in total. The third-order valence-corrected chi connectivity index (χ3v) is 1.92.